The largest absolute Gasteiger partial charge is 0.461 e. The molecular weight excluding hydrogens is 258 g/mol. The third-order valence-electron chi connectivity index (χ3n) is 3.25. The van der Waals surface area contributed by atoms with E-state index in [1.807, 2.05) is 24.8 Å². The molecule has 0 N–H and O–H groups in total. The first kappa shape index (κ1) is 14.1. The second-order valence-electron chi connectivity index (χ2n) is 4.61. The molecule has 19 heavy (non-hydrogen) atoms. The molecule has 1 aromatic rings. The highest BCUT2D eigenvalue weighted by Crippen LogP contribution is 2.20. The number of benzene rings is 1. The van der Waals surface area contributed by atoms with Crippen LogP contribution in [0.5, 0.6) is 0 Å². The van der Waals surface area contributed by atoms with Gasteiger partial charge in [-0.25, -0.2) is 9.37 Å². The van der Waals surface area contributed by atoms with Gasteiger partial charge in [0, 0.05) is 13.3 Å². The summed E-state index contributed by atoms with van der Waals surface area (Å²) in [4.78, 5) is 11.7. The van der Waals surface area contributed by atoms with Crippen LogP contribution >= 0.6 is 11.8 Å². The van der Waals surface area contributed by atoms with E-state index in [2.05, 4.69) is 35.8 Å². The summed E-state index contributed by atoms with van der Waals surface area (Å²) >= 11 is 1.83. The van der Waals surface area contributed by atoms with Gasteiger partial charge < -0.3 is 4.74 Å². The van der Waals surface area contributed by atoms with Crippen LogP contribution in [0.1, 0.15) is 19.4 Å². The van der Waals surface area contributed by atoms with E-state index in [0.29, 0.717) is 19.2 Å². The van der Waals surface area contributed by atoms with Crippen molar-refractivity contribution in [3.8, 4) is 0 Å². The highest BCUT2D eigenvalue weighted by atomic mass is 32.2. The number of nitrogens with zero attached hydrogens (tertiary/aromatic N) is 1. The van der Waals surface area contributed by atoms with Crippen LogP contribution < -0.4 is 0 Å². The fraction of sp³-hybridized carbons (Fsp3) is 0.467. The van der Waals surface area contributed by atoms with Crippen molar-refractivity contribution in [2.24, 2.45) is 0 Å². The van der Waals surface area contributed by atoms with Crippen molar-refractivity contribution in [3.05, 3.63) is 35.9 Å². The van der Waals surface area contributed by atoms with Crippen LogP contribution in [0.3, 0.4) is 0 Å². The van der Waals surface area contributed by atoms with Gasteiger partial charge >= 0.3 is 5.97 Å². The standard InChI is InChI=1S/C15H20NO2S/c1-3-18-15(17)10-16-12(2)19-11-14(16)9-13-7-5-4-6-8-13/h4-8,14H,3,9-11H2,1-2H3/q+1/t14-/m0/s1. The van der Waals surface area contributed by atoms with Gasteiger partial charge in [-0.2, -0.15) is 0 Å². The zero-order valence-corrected chi connectivity index (χ0v) is 12.3. The molecule has 0 unspecified atom stereocenters. The van der Waals surface area contributed by atoms with Crippen molar-refractivity contribution in [2.75, 3.05) is 18.9 Å². The van der Waals surface area contributed by atoms with Crippen LogP contribution in [-0.4, -0.2) is 40.5 Å². The van der Waals surface area contributed by atoms with Crippen molar-refractivity contribution in [2.45, 2.75) is 26.3 Å². The van der Waals surface area contributed by atoms with E-state index in [-0.39, 0.29) is 5.97 Å². The topological polar surface area (TPSA) is 29.3 Å². The fourth-order valence-electron chi connectivity index (χ4n) is 2.29. The summed E-state index contributed by atoms with van der Waals surface area (Å²) in [5, 5.41) is 1.22. The number of carbonyl (C=O) groups is 1. The van der Waals surface area contributed by atoms with Crippen molar-refractivity contribution in [3.63, 3.8) is 0 Å². The van der Waals surface area contributed by atoms with E-state index in [9.17, 15) is 4.79 Å². The van der Waals surface area contributed by atoms with Crippen molar-refractivity contribution in [1.29, 1.82) is 0 Å². The van der Waals surface area contributed by atoms with Gasteiger partial charge in [0.1, 0.15) is 0 Å². The number of esters is 1. The molecule has 1 aromatic carbocycles. The van der Waals surface area contributed by atoms with Crippen molar-refractivity contribution < 1.29 is 14.1 Å². The highest BCUT2D eigenvalue weighted by Gasteiger charge is 2.33. The van der Waals surface area contributed by atoms with Gasteiger partial charge in [-0.1, -0.05) is 42.1 Å². The maximum atomic E-state index is 11.7. The first-order valence-electron chi connectivity index (χ1n) is 6.63. The Morgan fingerprint density at radius 3 is 2.84 bits per heavy atom. The van der Waals surface area contributed by atoms with Gasteiger partial charge in [0.05, 0.1) is 12.4 Å². The molecule has 0 bridgehead atoms. The van der Waals surface area contributed by atoms with Gasteiger partial charge in [0.2, 0.25) is 11.6 Å². The normalized spacial score (nSPS) is 18.7. The second-order valence-corrected chi connectivity index (χ2v) is 5.82. The minimum absolute atomic E-state index is 0.137. The van der Waals surface area contributed by atoms with Crippen LogP contribution in [-0.2, 0) is 16.0 Å². The van der Waals surface area contributed by atoms with Gasteiger partial charge in [-0.05, 0) is 12.5 Å². The zero-order valence-electron chi connectivity index (χ0n) is 11.5. The Balaban J connectivity index is 2.03. The molecule has 0 aliphatic carbocycles. The minimum atomic E-state index is -0.137. The summed E-state index contributed by atoms with van der Waals surface area (Å²) in [6.45, 7) is 4.73. The first-order valence-corrected chi connectivity index (χ1v) is 7.61. The lowest BCUT2D eigenvalue weighted by molar-refractivity contribution is -0.546. The van der Waals surface area contributed by atoms with Gasteiger partial charge in [-0.3, -0.25) is 0 Å². The minimum Gasteiger partial charge on any atom is -0.461 e. The number of rotatable bonds is 5. The number of hydrogen-bond acceptors (Lipinski definition) is 3. The summed E-state index contributed by atoms with van der Waals surface area (Å²) < 4.78 is 7.22. The Kier molecular flexibility index (Phi) is 5.02. The predicted molar refractivity (Wildman–Crippen MR) is 78.8 cm³/mol. The molecule has 1 aliphatic heterocycles. The van der Waals surface area contributed by atoms with Gasteiger partial charge in [-0.15, -0.1) is 0 Å². The third-order valence-corrected chi connectivity index (χ3v) is 4.45. The van der Waals surface area contributed by atoms with Gasteiger partial charge in [0.25, 0.3) is 0 Å². The fourth-order valence-corrected chi connectivity index (χ4v) is 3.40. The van der Waals surface area contributed by atoms with Crippen LogP contribution in [0, 0.1) is 0 Å². The van der Waals surface area contributed by atoms with Crippen LogP contribution in [0.25, 0.3) is 0 Å². The molecule has 1 heterocycles. The summed E-state index contributed by atoms with van der Waals surface area (Å²) in [6.07, 6.45) is 0.977. The van der Waals surface area contributed by atoms with E-state index in [0.717, 1.165) is 12.2 Å². The maximum absolute atomic E-state index is 11.7. The van der Waals surface area contributed by atoms with E-state index < -0.39 is 0 Å². The Morgan fingerprint density at radius 2 is 2.16 bits per heavy atom. The molecule has 1 aliphatic rings. The molecule has 0 aromatic heterocycles. The quantitative estimate of drug-likeness (QED) is 0.611. The maximum Gasteiger partial charge on any atom is 0.372 e. The Bertz CT molecular complexity index is 470. The summed E-state index contributed by atoms with van der Waals surface area (Å²) in [6, 6.07) is 10.8. The number of carbonyl (C=O) groups excluding carboxylic acids is 1. The van der Waals surface area contributed by atoms with E-state index in [1.165, 1.54) is 10.6 Å². The molecular formula is C15H20NO2S+. The molecule has 4 heteroatoms. The Labute approximate surface area is 118 Å². The van der Waals surface area contributed by atoms with Gasteiger partial charge in [0.15, 0.2) is 6.04 Å². The first-order chi connectivity index (χ1) is 9.20. The molecule has 0 amide bonds. The molecule has 2 rings (SSSR count). The zero-order chi connectivity index (χ0) is 13.7. The molecule has 0 fully saturated rings. The van der Waals surface area contributed by atoms with E-state index in [1.54, 1.807) is 0 Å². The van der Waals surface area contributed by atoms with Crippen LogP contribution in [0.2, 0.25) is 0 Å². The Morgan fingerprint density at radius 1 is 1.42 bits per heavy atom. The predicted octanol–water partition coefficient (Wildman–Crippen LogP) is 2.34. The average Bonchev–Trinajstić information content (AvgIpc) is 2.73. The smallest absolute Gasteiger partial charge is 0.372 e. The lowest BCUT2D eigenvalue weighted by Crippen LogP contribution is -2.33. The lowest BCUT2D eigenvalue weighted by Gasteiger charge is -2.10. The molecule has 3 nitrogen and oxygen atoms in total. The molecule has 0 saturated carbocycles. The second kappa shape index (κ2) is 6.75. The molecule has 0 radical (unpaired) electrons. The van der Waals surface area contributed by atoms with Crippen LogP contribution in [0.4, 0.5) is 0 Å². The molecule has 0 spiro atoms. The lowest BCUT2D eigenvalue weighted by atomic mass is 10.1. The monoisotopic (exact) mass is 278 g/mol. The summed E-state index contributed by atoms with van der Waals surface area (Å²) in [5.41, 5.74) is 1.32. The number of ether oxygens (including phenoxy) is 1. The summed E-state index contributed by atoms with van der Waals surface area (Å²) in [5.74, 6) is 0.905. The molecule has 102 valence electrons. The van der Waals surface area contributed by atoms with Crippen molar-refractivity contribution in [1.82, 2.24) is 0 Å². The average molecular weight is 278 g/mol. The highest BCUT2D eigenvalue weighted by molar-refractivity contribution is 8.13. The number of thioether (sulfide) groups is 1. The molecule has 1 atom stereocenters. The molecule has 0 saturated heterocycles. The SMILES string of the molecule is CCOC(=O)C[N+]1=C(C)SC[C@@H]1Cc1ccccc1. The Hall–Kier alpha value is -1.29. The van der Waals surface area contributed by atoms with Crippen LogP contribution in [0.15, 0.2) is 30.3 Å². The van der Waals surface area contributed by atoms with Crippen molar-refractivity contribution >= 4 is 22.8 Å². The van der Waals surface area contributed by atoms with E-state index >= 15 is 0 Å². The summed E-state index contributed by atoms with van der Waals surface area (Å²) in [7, 11) is 0. The van der Waals surface area contributed by atoms with E-state index in [4.69, 9.17) is 4.74 Å². The number of hydrogen-bond donors (Lipinski definition) is 0. The third kappa shape index (κ3) is 3.83.